The van der Waals surface area contributed by atoms with E-state index in [-0.39, 0.29) is 11.8 Å². The molecule has 1 aromatic carbocycles. The zero-order chi connectivity index (χ0) is 25.2. The average molecular weight is 480 g/mol. The first kappa shape index (κ1) is 28.8. The van der Waals surface area contributed by atoms with E-state index in [0.717, 1.165) is 29.5 Å². The van der Waals surface area contributed by atoms with Gasteiger partial charge < -0.3 is 20.3 Å². The van der Waals surface area contributed by atoms with E-state index in [2.05, 4.69) is 17.6 Å². The second-order valence-corrected chi connectivity index (χ2v) is 10.3. The Balaban J connectivity index is 3.21. The number of hydrogen-bond donors (Lipinski definition) is 2. The summed E-state index contributed by atoms with van der Waals surface area (Å²) in [5.41, 5.74) is 2.22. The Hall–Kier alpha value is -2.22. The van der Waals surface area contributed by atoms with E-state index in [1.807, 2.05) is 38.3 Å². The number of ether oxygens (including phenoxy) is 1. The molecule has 7 nitrogen and oxygen atoms in total. The van der Waals surface area contributed by atoms with Crippen molar-refractivity contribution in [2.24, 2.45) is 0 Å². The van der Waals surface area contributed by atoms with Crippen LogP contribution in [0.3, 0.4) is 0 Å². The van der Waals surface area contributed by atoms with E-state index < -0.39 is 23.8 Å². The maximum absolute atomic E-state index is 13.5. The molecule has 0 saturated heterocycles. The van der Waals surface area contributed by atoms with Gasteiger partial charge in [0.05, 0.1) is 0 Å². The summed E-state index contributed by atoms with van der Waals surface area (Å²) in [5, 5.41) is 5.67. The van der Waals surface area contributed by atoms with Crippen LogP contribution in [0.5, 0.6) is 0 Å². The minimum Gasteiger partial charge on any atom is -0.444 e. The summed E-state index contributed by atoms with van der Waals surface area (Å²) in [5.74, 6) is 0.115. The van der Waals surface area contributed by atoms with Crippen LogP contribution < -0.4 is 10.6 Å². The summed E-state index contributed by atoms with van der Waals surface area (Å²) in [7, 11) is 1.62. The largest absolute Gasteiger partial charge is 0.444 e. The molecule has 0 radical (unpaired) electrons. The van der Waals surface area contributed by atoms with Crippen LogP contribution in [0.4, 0.5) is 4.79 Å². The minimum absolute atomic E-state index is 0.233. The number of hydrogen-bond acceptors (Lipinski definition) is 5. The van der Waals surface area contributed by atoms with Gasteiger partial charge in [0.1, 0.15) is 17.7 Å². The van der Waals surface area contributed by atoms with Gasteiger partial charge in [-0.2, -0.15) is 11.8 Å². The van der Waals surface area contributed by atoms with Crippen LogP contribution in [-0.4, -0.2) is 60.1 Å². The lowest BCUT2D eigenvalue weighted by molar-refractivity contribution is -0.140. The lowest BCUT2D eigenvalue weighted by Crippen LogP contribution is -2.52. The molecule has 2 unspecified atom stereocenters. The monoisotopic (exact) mass is 479 g/mol. The summed E-state index contributed by atoms with van der Waals surface area (Å²) in [4.78, 5) is 40.5. The van der Waals surface area contributed by atoms with Crippen LogP contribution in [0.15, 0.2) is 18.2 Å². The molecule has 8 heteroatoms. The maximum Gasteiger partial charge on any atom is 0.408 e. The molecule has 0 saturated carbocycles. The van der Waals surface area contributed by atoms with Gasteiger partial charge in [0.25, 0.3) is 0 Å². The van der Waals surface area contributed by atoms with Gasteiger partial charge in [-0.1, -0.05) is 31.5 Å². The molecule has 33 heavy (non-hydrogen) atoms. The third kappa shape index (κ3) is 9.66. The zero-order valence-corrected chi connectivity index (χ0v) is 22.2. The maximum atomic E-state index is 13.5. The van der Waals surface area contributed by atoms with E-state index in [1.165, 1.54) is 4.90 Å². The quantitative estimate of drug-likeness (QED) is 0.460. The van der Waals surface area contributed by atoms with E-state index >= 15 is 0 Å². The van der Waals surface area contributed by atoms with Gasteiger partial charge in [0.15, 0.2) is 0 Å². The van der Waals surface area contributed by atoms with Gasteiger partial charge >= 0.3 is 6.09 Å². The first-order chi connectivity index (χ1) is 15.4. The highest BCUT2D eigenvalue weighted by molar-refractivity contribution is 7.98. The highest BCUT2D eigenvalue weighted by Crippen LogP contribution is 2.24. The van der Waals surface area contributed by atoms with Crippen molar-refractivity contribution in [2.75, 3.05) is 25.6 Å². The molecule has 0 fully saturated rings. The van der Waals surface area contributed by atoms with Crippen LogP contribution >= 0.6 is 11.8 Å². The average Bonchev–Trinajstić information content (AvgIpc) is 2.72. The molecule has 0 aromatic heterocycles. The molecular formula is C25H41N3O4S. The third-order valence-electron chi connectivity index (χ3n) is 5.26. The number of likely N-dealkylation sites (N-methyl/N-ethyl adjacent to an activating group) is 1. The number of amides is 3. The number of alkyl carbamates (subject to hydrolysis) is 1. The highest BCUT2D eigenvalue weighted by atomic mass is 32.2. The summed E-state index contributed by atoms with van der Waals surface area (Å²) in [6, 6.07) is 4.19. The number of benzene rings is 1. The summed E-state index contributed by atoms with van der Waals surface area (Å²) in [6.07, 6.45) is 3.54. The number of carbonyl (C=O) groups is 3. The normalized spacial score (nSPS) is 13.1. The molecule has 0 bridgehead atoms. The molecule has 1 rings (SSSR count). The predicted octanol–water partition coefficient (Wildman–Crippen LogP) is 4.37. The molecule has 1 aromatic rings. The highest BCUT2D eigenvalue weighted by Gasteiger charge is 2.34. The number of aryl methyl sites for hydroxylation is 2. The van der Waals surface area contributed by atoms with Gasteiger partial charge in [-0.05, 0) is 76.2 Å². The summed E-state index contributed by atoms with van der Waals surface area (Å²) >= 11 is 1.59. The van der Waals surface area contributed by atoms with E-state index in [4.69, 9.17) is 4.74 Å². The molecular weight excluding hydrogens is 438 g/mol. The van der Waals surface area contributed by atoms with E-state index in [0.29, 0.717) is 18.7 Å². The SMILES string of the molecule is CCCCNC(=O)C(c1ccc(C)c(C)c1)N(C)C(=O)C(CCSC)NC(=O)OC(C)(C)C. The number of thioether (sulfide) groups is 1. The Morgan fingerprint density at radius 1 is 1.15 bits per heavy atom. The molecule has 0 aliphatic rings. The van der Waals surface area contributed by atoms with Crippen molar-refractivity contribution in [3.63, 3.8) is 0 Å². The predicted molar refractivity (Wildman–Crippen MR) is 136 cm³/mol. The van der Waals surface area contributed by atoms with Gasteiger partial charge in [-0.25, -0.2) is 4.79 Å². The van der Waals surface area contributed by atoms with Crippen molar-refractivity contribution in [1.82, 2.24) is 15.5 Å². The second-order valence-electron chi connectivity index (χ2n) is 9.32. The lowest BCUT2D eigenvalue weighted by Gasteiger charge is -2.32. The van der Waals surface area contributed by atoms with Crippen LogP contribution in [0.2, 0.25) is 0 Å². The Labute approximate surface area is 203 Å². The standard InChI is InChI=1S/C25H41N3O4S/c1-9-10-14-26-22(29)21(19-12-11-17(2)18(3)16-19)28(7)23(30)20(13-15-33-8)27-24(31)32-25(4,5)6/h11-12,16,20-21H,9-10,13-15H2,1-8H3,(H,26,29)(H,27,31). The van der Waals surface area contributed by atoms with Crippen molar-refractivity contribution in [1.29, 1.82) is 0 Å². The van der Waals surface area contributed by atoms with Crippen molar-refractivity contribution in [3.05, 3.63) is 34.9 Å². The van der Waals surface area contributed by atoms with Crippen LogP contribution in [0, 0.1) is 13.8 Å². The smallest absolute Gasteiger partial charge is 0.408 e. The van der Waals surface area contributed by atoms with E-state index in [1.54, 1.807) is 39.6 Å². The van der Waals surface area contributed by atoms with Crippen LogP contribution in [0.1, 0.15) is 69.7 Å². The summed E-state index contributed by atoms with van der Waals surface area (Å²) < 4.78 is 5.36. The first-order valence-electron chi connectivity index (χ1n) is 11.5. The minimum atomic E-state index is -0.800. The molecule has 0 aliphatic heterocycles. The fourth-order valence-corrected chi connectivity index (χ4v) is 3.76. The summed E-state index contributed by atoms with van der Waals surface area (Å²) in [6.45, 7) is 11.9. The number of unbranched alkanes of at least 4 members (excludes halogenated alkanes) is 1. The molecule has 0 spiro atoms. The molecule has 186 valence electrons. The zero-order valence-electron chi connectivity index (χ0n) is 21.4. The van der Waals surface area contributed by atoms with Gasteiger partial charge in [-0.15, -0.1) is 0 Å². The van der Waals surface area contributed by atoms with Crippen molar-refractivity contribution in [3.8, 4) is 0 Å². The lowest BCUT2D eigenvalue weighted by atomic mass is 9.98. The van der Waals surface area contributed by atoms with Gasteiger partial charge in [0, 0.05) is 13.6 Å². The van der Waals surface area contributed by atoms with E-state index in [9.17, 15) is 14.4 Å². The first-order valence-corrected chi connectivity index (χ1v) is 12.9. The Kier molecular flexibility index (Phi) is 11.8. The number of rotatable bonds is 11. The number of nitrogens with one attached hydrogen (secondary N) is 2. The number of carbonyl (C=O) groups excluding carboxylic acids is 3. The fourth-order valence-electron chi connectivity index (χ4n) is 3.29. The van der Waals surface area contributed by atoms with Crippen molar-refractivity contribution in [2.45, 2.75) is 78.5 Å². The Bertz CT molecular complexity index is 807. The van der Waals surface area contributed by atoms with Crippen LogP contribution in [-0.2, 0) is 14.3 Å². The van der Waals surface area contributed by atoms with Crippen LogP contribution in [0.25, 0.3) is 0 Å². The molecule has 0 aliphatic carbocycles. The second kappa shape index (κ2) is 13.5. The molecule has 2 N–H and O–H groups in total. The molecule has 2 atom stereocenters. The van der Waals surface area contributed by atoms with Crippen molar-refractivity contribution < 1.29 is 19.1 Å². The fraction of sp³-hybridized carbons (Fsp3) is 0.640. The number of nitrogens with zero attached hydrogens (tertiary/aromatic N) is 1. The van der Waals surface area contributed by atoms with Gasteiger partial charge in [0.2, 0.25) is 11.8 Å². The Morgan fingerprint density at radius 2 is 1.82 bits per heavy atom. The van der Waals surface area contributed by atoms with Crippen molar-refractivity contribution >= 4 is 29.7 Å². The topological polar surface area (TPSA) is 87.7 Å². The molecule has 0 heterocycles. The third-order valence-corrected chi connectivity index (χ3v) is 5.90. The molecule has 3 amide bonds. The Morgan fingerprint density at radius 3 is 2.36 bits per heavy atom. The van der Waals surface area contributed by atoms with Gasteiger partial charge in [-0.3, -0.25) is 9.59 Å².